The smallest absolute Gasteiger partial charge is 0.305 e. The van der Waals surface area contributed by atoms with Gasteiger partial charge in [0.1, 0.15) is 5.15 Å². The molecule has 2 rings (SSSR count). The molecule has 0 bridgehead atoms. The molecule has 0 fully saturated rings. The van der Waals surface area contributed by atoms with Crippen molar-refractivity contribution in [2.75, 3.05) is 14.1 Å². The first-order valence-corrected chi connectivity index (χ1v) is 8.39. The van der Waals surface area contributed by atoms with Crippen LogP contribution in [0.2, 0.25) is 5.15 Å². The molecule has 0 aliphatic heterocycles. The van der Waals surface area contributed by atoms with E-state index in [-0.39, 0.29) is 27.1 Å². The number of hydrogen-bond acceptors (Lipinski definition) is 4. The second-order valence-corrected chi connectivity index (χ2v) is 7.80. The van der Waals surface area contributed by atoms with E-state index in [0.29, 0.717) is 4.47 Å². The van der Waals surface area contributed by atoms with Gasteiger partial charge in [-0.15, -0.1) is 0 Å². The third kappa shape index (κ3) is 2.84. The lowest BCUT2D eigenvalue weighted by Gasteiger charge is -2.11. The van der Waals surface area contributed by atoms with Crippen molar-refractivity contribution in [2.45, 2.75) is 12.1 Å². The van der Waals surface area contributed by atoms with Gasteiger partial charge in [-0.3, -0.25) is 0 Å². The number of fused-ring (bicyclic) bond motifs is 1. The van der Waals surface area contributed by atoms with Gasteiger partial charge in [-0.2, -0.15) is 21.6 Å². The lowest BCUT2D eigenvalue weighted by molar-refractivity contribution is -0.0445. The number of hydrogen-bond donors (Lipinski definition) is 0. The Morgan fingerprint density at radius 3 is 2.50 bits per heavy atom. The van der Waals surface area contributed by atoms with Gasteiger partial charge in [-0.05, 0) is 36.1 Å². The minimum absolute atomic E-state index is 0.0369. The number of pyridine rings is 1. The molecule has 0 aromatic carbocycles. The van der Waals surface area contributed by atoms with Crippen molar-refractivity contribution >= 4 is 48.6 Å². The van der Waals surface area contributed by atoms with Gasteiger partial charge < -0.3 is 4.90 Å². The molecule has 0 radical (unpaired) electrons. The predicted molar refractivity (Wildman–Crippen MR) is 80.2 cm³/mol. The largest absolute Gasteiger partial charge is 0.517 e. The SMILES string of the molecule is CN(C)Cc1c(Cl)n(S(=O)(=O)C(F)(F)F)c2ncc(Br)cc12. The van der Waals surface area contributed by atoms with Crippen molar-refractivity contribution in [2.24, 2.45) is 0 Å². The normalized spacial score (nSPS) is 13.3. The van der Waals surface area contributed by atoms with Crippen LogP contribution in [0.1, 0.15) is 5.56 Å². The Morgan fingerprint density at radius 1 is 1.41 bits per heavy atom. The molecular weight excluding hydrogens is 411 g/mol. The van der Waals surface area contributed by atoms with Crippen LogP contribution in [-0.4, -0.2) is 41.9 Å². The Morgan fingerprint density at radius 2 is 2.00 bits per heavy atom. The molecule has 11 heteroatoms. The van der Waals surface area contributed by atoms with Crippen LogP contribution < -0.4 is 0 Å². The first kappa shape index (κ1) is 17.5. The van der Waals surface area contributed by atoms with E-state index in [4.69, 9.17) is 11.6 Å². The highest BCUT2D eigenvalue weighted by Gasteiger charge is 2.49. The quantitative estimate of drug-likeness (QED) is 0.765. The molecule has 0 saturated carbocycles. The Bertz CT molecular complexity index is 833. The van der Waals surface area contributed by atoms with E-state index in [1.807, 2.05) is 0 Å². The first-order chi connectivity index (χ1) is 9.96. The van der Waals surface area contributed by atoms with Crippen molar-refractivity contribution in [3.8, 4) is 0 Å². The second-order valence-electron chi connectivity index (χ2n) is 4.75. The zero-order chi connectivity index (χ0) is 16.9. The summed E-state index contributed by atoms with van der Waals surface area (Å²) in [5.41, 5.74) is -5.59. The molecule has 5 nitrogen and oxygen atoms in total. The summed E-state index contributed by atoms with van der Waals surface area (Å²) in [6, 6.07) is 1.48. The number of halogens is 5. The molecule has 0 N–H and O–H groups in total. The van der Waals surface area contributed by atoms with E-state index in [1.165, 1.54) is 12.3 Å². The molecule has 2 aromatic rings. The number of nitrogens with zero attached hydrogens (tertiary/aromatic N) is 3. The van der Waals surface area contributed by atoms with E-state index in [2.05, 4.69) is 20.9 Å². The second kappa shape index (κ2) is 5.66. The fraction of sp³-hybridized carbons (Fsp3) is 0.364. The summed E-state index contributed by atoms with van der Waals surface area (Å²) >= 11 is 9.10. The van der Waals surface area contributed by atoms with E-state index in [0.717, 1.165) is 0 Å². The zero-order valence-electron chi connectivity index (χ0n) is 11.3. The average molecular weight is 421 g/mol. The molecule has 2 aromatic heterocycles. The molecule has 0 saturated heterocycles. The minimum Gasteiger partial charge on any atom is -0.305 e. The highest BCUT2D eigenvalue weighted by molar-refractivity contribution is 9.10. The van der Waals surface area contributed by atoms with E-state index < -0.39 is 20.7 Å². The van der Waals surface area contributed by atoms with Crippen molar-refractivity contribution in [3.05, 3.63) is 27.5 Å². The topological polar surface area (TPSA) is 55.2 Å². The third-order valence-corrected chi connectivity index (χ3v) is 5.14. The maximum absolute atomic E-state index is 12.9. The fourth-order valence-electron chi connectivity index (χ4n) is 1.93. The molecule has 0 atom stereocenters. The average Bonchev–Trinajstić information content (AvgIpc) is 2.61. The Kier molecular flexibility index (Phi) is 4.51. The number of alkyl halides is 3. The highest BCUT2D eigenvalue weighted by atomic mass is 79.9. The van der Waals surface area contributed by atoms with E-state index in [1.54, 1.807) is 19.0 Å². The van der Waals surface area contributed by atoms with E-state index in [9.17, 15) is 21.6 Å². The standard InChI is InChI=1S/C11H10BrClF3N3O2S/c1-18(2)5-8-7-3-6(12)4-17-10(7)19(9(8)13)22(20,21)11(14,15)16/h3-4H,5H2,1-2H3. The monoisotopic (exact) mass is 419 g/mol. The Hall–Kier alpha value is -0.840. The molecule has 0 unspecified atom stereocenters. The zero-order valence-corrected chi connectivity index (χ0v) is 14.5. The fourth-order valence-corrected chi connectivity index (χ4v) is 3.68. The summed E-state index contributed by atoms with van der Waals surface area (Å²) in [6.45, 7) is 0.161. The summed E-state index contributed by atoms with van der Waals surface area (Å²) in [5.74, 6) is 0. The van der Waals surface area contributed by atoms with Gasteiger partial charge in [0.15, 0.2) is 5.65 Å². The van der Waals surface area contributed by atoms with Gasteiger partial charge in [0.05, 0.1) is 0 Å². The number of rotatable bonds is 3. The summed E-state index contributed by atoms with van der Waals surface area (Å²) in [7, 11) is -2.31. The highest BCUT2D eigenvalue weighted by Crippen LogP contribution is 2.37. The summed E-state index contributed by atoms with van der Waals surface area (Å²) in [4.78, 5) is 5.44. The summed E-state index contributed by atoms with van der Waals surface area (Å²) < 4.78 is 62.6. The molecule has 0 aliphatic rings. The van der Waals surface area contributed by atoms with Crippen LogP contribution in [0.3, 0.4) is 0 Å². The lowest BCUT2D eigenvalue weighted by atomic mass is 10.2. The first-order valence-electron chi connectivity index (χ1n) is 5.77. The van der Waals surface area contributed by atoms with Crippen molar-refractivity contribution in [1.82, 2.24) is 13.9 Å². The molecule has 0 spiro atoms. The minimum atomic E-state index is -5.67. The molecule has 0 aliphatic carbocycles. The van der Waals surface area contributed by atoms with Gasteiger partial charge in [-0.25, -0.2) is 8.96 Å². The predicted octanol–water partition coefficient (Wildman–Crippen LogP) is 3.21. The van der Waals surface area contributed by atoms with Crippen LogP contribution in [0.4, 0.5) is 13.2 Å². The molecule has 2 heterocycles. The van der Waals surface area contributed by atoms with Gasteiger partial charge in [-0.1, -0.05) is 11.6 Å². The Balaban J connectivity index is 2.90. The molecule has 22 heavy (non-hydrogen) atoms. The van der Waals surface area contributed by atoms with Crippen LogP contribution in [0.5, 0.6) is 0 Å². The van der Waals surface area contributed by atoms with Crippen LogP contribution in [0, 0.1) is 0 Å². The maximum atomic E-state index is 12.9. The lowest BCUT2D eigenvalue weighted by Crippen LogP contribution is -2.30. The van der Waals surface area contributed by atoms with Crippen molar-refractivity contribution < 1.29 is 21.6 Å². The van der Waals surface area contributed by atoms with Gasteiger partial charge >= 0.3 is 15.5 Å². The molecule has 0 amide bonds. The molecule has 122 valence electrons. The van der Waals surface area contributed by atoms with Crippen molar-refractivity contribution in [3.63, 3.8) is 0 Å². The van der Waals surface area contributed by atoms with Crippen molar-refractivity contribution in [1.29, 1.82) is 0 Å². The maximum Gasteiger partial charge on any atom is 0.517 e. The molecular formula is C11H10BrClF3N3O2S. The van der Waals surface area contributed by atoms with Crippen LogP contribution in [-0.2, 0) is 16.6 Å². The van der Waals surface area contributed by atoms with Gasteiger partial charge in [0.25, 0.3) is 0 Å². The summed E-state index contributed by atoms with van der Waals surface area (Å²) in [6.07, 6.45) is 1.21. The summed E-state index contributed by atoms with van der Waals surface area (Å²) in [5, 5.41) is -0.285. The third-order valence-electron chi connectivity index (χ3n) is 2.79. The Labute approximate surface area is 137 Å². The van der Waals surface area contributed by atoms with Gasteiger partial charge in [0.2, 0.25) is 0 Å². The number of aromatic nitrogens is 2. The van der Waals surface area contributed by atoms with Gasteiger partial charge in [0, 0.05) is 28.2 Å². The van der Waals surface area contributed by atoms with E-state index >= 15 is 0 Å². The van der Waals surface area contributed by atoms with Crippen LogP contribution in [0.25, 0.3) is 11.0 Å². The van der Waals surface area contributed by atoms with Crippen LogP contribution >= 0.6 is 27.5 Å². The van der Waals surface area contributed by atoms with Crippen LogP contribution in [0.15, 0.2) is 16.7 Å².